The molecule has 0 bridgehead atoms. The predicted octanol–water partition coefficient (Wildman–Crippen LogP) is 3.19. The first-order chi connectivity index (χ1) is 12.1. The number of benzene rings is 2. The number of carbonyl (C=O) groups excluding carboxylic acids is 2. The van der Waals surface area contributed by atoms with E-state index in [-0.39, 0.29) is 24.2 Å². The number of anilines is 2. The first-order valence-electron chi connectivity index (χ1n) is 8.22. The number of ether oxygens (including phenoxy) is 1. The van der Waals surface area contributed by atoms with E-state index in [2.05, 4.69) is 5.32 Å². The topological polar surface area (TPSA) is 84.7 Å². The van der Waals surface area contributed by atoms with Crippen LogP contribution in [0.4, 0.5) is 11.4 Å². The van der Waals surface area contributed by atoms with Gasteiger partial charge in [-0.2, -0.15) is 0 Å². The molecule has 3 N–H and O–H groups in total. The first-order valence-corrected chi connectivity index (χ1v) is 8.22. The van der Waals surface area contributed by atoms with Gasteiger partial charge in [-0.15, -0.1) is 12.4 Å². The fraction of sp³-hybridized carbons (Fsp3) is 0.263. The summed E-state index contributed by atoms with van der Waals surface area (Å²) in [5.41, 5.74) is 7.67. The maximum absolute atomic E-state index is 12.6. The summed E-state index contributed by atoms with van der Waals surface area (Å²) in [5.74, 6) is 0.159. The highest BCUT2D eigenvalue weighted by molar-refractivity contribution is 6.06. The molecule has 6 nitrogen and oxygen atoms in total. The van der Waals surface area contributed by atoms with Gasteiger partial charge in [0.2, 0.25) is 0 Å². The number of carbonyl (C=O) groups is 2. The largest absolute Gasteiger partial charge is 0.495 e. The molecule has 1 aliphatic heterocycles. The summed E-state index contributed by atoms with van der Waals surface area (Å²) in [5, 5.41) is 2.80. The summed E-state index contributed by atoms with van der Waals surface area (Å²) >= 11 is 0. The summed E-state index contributed by atoms with van der Waals surface area (Å²) in [6.07, 6.45) is 2.06. The third-order valence-electron chi connectivity index (χ3n) is 4.24. The van der Waals surface area contributed by atoms with E-state index in [4.69, 9.17) is 10.5 Å². The van der Waals surface area contributed by atoms with E-state index in [1.165, 1.54) is 7.11 Å². The molecule has 7 heteroatoms. The molecule has 138 valence electrons. The Morgan fingerprint density at radius 1 is 1.08 bits per heavy atom. The number of nitrogen functional groups attached to an aromatic ring is 1. The van der Waals surface area contributed by atoms with Crippen LogP contribution >= 0.6 is 12.4 Å². The maximum atomic E-state index is 12.6. The third-order valence-corrected chi connectivity index (χ3v) is 4.24. The van der Waals surface area contributed by atoms with Crippen molar-refractivity contribution in [3.05, 3.63) is 53.6 Å². The highest BCUT2D eigenvalue weighted by Gasteiger charge is 2.21. The molecule has 1 heterocycles. The molecule has 1 aliphatic rings. The van der Waals surface area contributed by atoms with E-state index >= 15 is 0 Å². The second-order valence-corrected chi connectivity index (χ2v) is 5.99. The Hall–Kier alpha value is -2.73. The SMILES string of the molecule is COc1ccc(C(=O)N2CCCC2)cc1NC(=O)c1cccc(N)c1.Cl. The van der Waals surface area contributed by atoms with Gasteiger partial charge in [-0.05, 0) is 49.2 Å². The summed E-state index contributed by atoms with van der Waals surface area (Å²) in [7, 11) is 1.52. The number of likely N-dealkylation sites (tertiary alicyclic amines) is 1. The highest BCUT2D eigenvalue weighted by atomic mass is 35.5. The Morgan fingerprint density at radius 2 is 1.81 bits per heavy atom. The number of halogens is 1. The molecule has 1 saturated heterocycles. The lowest BCUT2D eigenvalue weighted by molar-refractivity contribution is 0.0792. The number of rotatable bonds is 4. The van der Waals surface area contributed by atoms with Crippen molar-refractivity contribution in [2.75, 3.05) is 31.2 Å². The van der Waals surface area contributed by atoms with Gasteiger partial charge in [0.25, 0.3) is 11.8 Å². The van der Waals surface area contributed by atoms with E-state index in [1.54, 1.807) is 42.5 Å². The van der Waals surface area contributed by atoms with Gasteiger partial charge in [0.05, 0.1) is 12.8 Å². The van der Waals surface area contributed by atoms with Gasteiger partial charge in [0.15, 0.2) is 0 Å². The predicted molar refractivity (Wildman–Crippen MR) is 104 cm³/mol. The highest BCUT2D eigenvalue weighted by Crippen LogP contribution is 2.27. The smallest absolute Gasteiger partial charge is 0.255 e. The summed E-state index contributed by atoms with van der Waals surface area (Å²) in [6.45, 7) is 1.55. The lowest BCUT2D eigenvalue weighted by Crippen LogP contribution is -2.27. The summed E-state index contributed by atoms with van der Waals surface area (Å²) in [6, 6.07) is 11.8. The van der Waals surface area contributed by atoms with E-state index in [9.17, 15) is 9.59 Å². The van der Waals surface area contributed by atoms with Crippen molar-refractivity contribution in [2.45, 2.75) is 12.8 Å². The van der Waals surface area contributed by atoms with Gasteiger partial charge in [-0.1, -0.05) is 6.07 Å². The van der Waals surface area contributed by atoms with E-state index in [1.807, 2.05) is 4.90 Å². The Bertz CT molecular complexity index is 804. The quantitative estimate of drug-likeness (QED) is 0.804. The summed E-state index contributed by atoms with van der Waals surface area (Å²) < 4.78 is 5.30. The van der Waals surface area contributed by atoms with Gasteiger partial charge in [-0.3, -0.25) is 9.59 Å². The second-order valence-electron chi connectivity index (χ2n) is 5.99. The fourth-order valence-electron chi connectivity index (χ4n) is 2.92. The normalized spacial score (nSPS) is 13.0. The van der Waals surface area contributed by atoms with Crippen molar-refractivity contribution in [3.63, 3.8) is 0 Å². The number of nitrogens with two attached hydrogens (primary N) is 1. The van der Waals surface area contributed by atoms with Gasteiger partial charge in [0, 0.05) is 29.9 Å². The molecule has 0 radical (unpaired) electrons. The minimum Gasteiger partial charge on any atom is -0.495 e. The van der Waals surface area contributed by atoms with Gasteiger partial charge >= 0.3 is 0 Å². The molecule has 3 rings (SSSR count). The molecular formula is C19H22ClN3O3. The van der Waals surface area contributed by atoms with Crippen LogP contribution in [0.25, 0.3) is 0 Å². The number of hydrogen-bond donors (Lipinski definition) is 2. The van der Waals surface area contributed by atoms with Gasteiger partial charge < -0.3 is 20.7 Å². The van der Waals surface area contributed by atoms with Crippen molar-refractivity contribution in [1.82, 2.24) is 4.90 Å². The number of nitrogens with zero attached hydrogens (tertiary/aromatic N) is 1. The van der Waals surface area contributed by atoms with Crippen molar-refractivity contribution >= 4 is 35.6 Å². The molecule has 0 saturated carbocycles. The molecule has 0 spiro atoms. The second kappa shape index (κ2) is 8.58. The zero-order valence-electron chi connectivity index (χ0n) is 14.5. The molecule has 2 amide bonds. The van der Waals surface area contributed by atoms with Crippen LogP contribution in [-0.2, 0) is 0 Å². The van der Waals surface area contributed by atoms with Crippen molar-refractivity contribution in [3.8, 4) is 5.75 Å². The number of amides is 2. The average molecular weight is 376 g/mol. The minimum absolute atomic E-state index is 0. The molecule has 0 aromatic heterocycles. The molecule has 0 aliphatic carbocycles. The van der Waals surface area contributed by atoms with Crippen LogP contribution in [0.3, 0.4) is 0 Å². The van der Waals surface area contributed by atoms with Crippen molar-refractivity contribution < 1.29 is 14.3 Å². The number of methoxy groups -OCH3 is 1. The van der Waals surface area contributed by atoms with Crippen LogP contribution in [-0.4, -0.2) is 36.9 Å². The number of hydrogen-bond acceptors (Lipinski definition) is 4. The molecule has 0 unspecified atom stereocenters. The minimum atomic E-state index is -0.309. The molecule has 1 fully saturated rings. The first kappa shape index (κ1) is 19.6. The Labute approximate surface area is 158 Å². The van der Waals surface area contributed by atoms with E-state index < -0.39 is 0 Å². The zero-order valence-corrected chi connectivity index (χ0v) is 15.3. The Kier molecular flexibility index (Phi) is 6.46. The molecule has 2 aromatic carbocycles. The van der Waals surface area contributed by atoms with Crippen LogP contribution in [0.2, 0.25) is 0 Å². The van der Waals surface area contributed by atoms with Crippen LogP contribution in [0.5, 0.6) is 5.75 Å². The molecule has 26 heavy (non-hydrogen) atoms. The van der Waals surface area contributed by atoms with Crippen molar-refractivity contribution in [2.24, 2.45) is 0 Å². The molecule has 0 atom stereocenters. The van der Waals surface area contributed by atoms with Crippen molar-refractivity contribution in [1.29, 1.82) is 0 Å². The summed E-state index contributed by atoms with van der Waals surface area (Å²) in [4.78, 5) is 26.8. The fourth-order valence-corrected chi connectivity index (χ4v) is 2.92. The van der Waals surface area contributed by atoms with Gasteiger partial charge in [-0.25, -0.2) is 0 Å². The van der Waals surface area contributed by atoms with E-state index in [0.717, 1.165) is 25.9 Å². The number of nitrogens with one attached hydrogen (secondary N) is 1. The lowest BCUT2D eigenvalue weighted by Gasteiger charge is -2.17. The third kappa shape index (κ3) is 4.26. The standard InChI is InChI=1S/C19H21N3O3.ClH/c1-25-17-8-7-14(19(24)22-9-2-3-10-22)12-16(17)21-18(23)13-5-4-6-15(20)11-13;/h4-8,11-12H,2-3,9-10,20H2,1H3,(H,21,23);1H. The van der Waals surface area contributed by atoms with Crippen LogP contribution in [0.15, 0.2) is 42.5 Å². The van der Waals surface area contributed by atoms with Crippen LogP contribution in [0, 0.1) is 0 Å². The Balaban J connectivity index is 0.00000243. The maximum Gasteiger partial charge on any atom is 0.255 e. The molecule has 2 aromatic rings. The zero-order chi connectivity index (χ0) is 17.8. The van der Waals surface area contributed by atoms with Crippen LogP contribution < -0.4 is 15.8 Å². The average Bonchev–Trinajstić information content (AvgIpc) is 3.15. The lowest BCUT2D eigenvalue weighted by atomic mass is 10.1. The Morgan fingerprint density at radius 3 is 2.46 bits per heavy atom. The van der Waals surface area contributed by atoms with E-state index in [0.29, 0.717) is 28.3 Å². The molecular weight excluding hydrogens is 354 g/mol. The van der Waals surface area contributed by atoms with Crippen LogP contribution in [0.1, 0.15) is 33.6 Å². The van der Waals surface area contributed by atoms with Gasteiger partial charge in [0.1, 0.15) is 5.75 Å². The monoisotopic (exact) mass is 375 g/mol.